The molecule has 0 unspecified atom stereocenters. The van der Waals surface area contributed by atoms with Gasteiger partial charge in [0.2, 0.25) is 0 Å². The summed E-state index contributed by atoms with van der Waals surface area (Å²) >= 11 is 0. The first-order valence-electron chi connectivity index (χ1n) is 8.33. The number of carbonyl (C=O) groups is 1. The van der Waals surface area contributed by atoms with Crippen LogP contribution < -0.4 is 4.74 Å². The second-order valence-electron chi connectivity index (χ2n) is 5.59. The second-order valence-corrected chi connectivity index (χ2v) is 5.59. The van der Waals surface area contributed by atoms with Gasteiger partial charge in [0.05, 0.1) is 12.3 Å². The van der Waals surface area contributed by atoms with Gasteiger partial charge in [-0.1, -0.05) is 47.7 Å². The zero-order chi connectivity index (χ0) is 18.8. The number of rotatable bonds is 8. The Kier molecular flexibility index (Phi) is 7.36. The third kappa shape index (κ3) is 6.39. The molecule has 6 nitrogen and oxygen atoms in total. The zero-order valence-electron chi connectivity index (χ0n) is 15.3. The molecule has 0 amide bonds. The molecule has 0 atom stereocenters. The number of ether oxygens (including phenoxy) is 2. The summed E-state index contributed by atoms with van der Waals surface area (Å²) in [6.07, 6.45) is 3.91. The summed E-state index contributed by atoms with van der Waals surface area (Å²) in [4.78, 5) is 11.4. The number of hydrogen-bond donors (Lipinski definition) is 0. The molecule has 2 aromatic carbocycles. The van der Waals surface area contributed by atoms with E-state index in [9.17, 15) is 4.79 Å². The molecule has 0 saturated carbocycles. The third-order valence-electron chi connectivity index (χ3n) is 3.26. The van der Waals surface area contributed by atoms with Crippen LogP contribution in [0.2, 0.25) is 0 Å². The molecule has 0 N–H and O–H groups in total. The molecular weight excluding hydrogens is 330 g/mol. The summed E-state index contributed by atoms with van der Waals surface area (Å²) in [5.74, 6) is 0.252. The van der Waals surface area contributed by atoms with Crippen molar-refractivity contribution in [2.24, 2.45) is 10.3 Å². The molecular formula is C20H23N3O3. The molecule has 6 heteroatoms. The van der Waals surface area contributed by atoms with Gasteiger partial charge < -0.3 is 9.47 Å². The molecule has 0 spiro atoms. The van der Waals surface area contributed by atoms with Crippen LogP contribution >= 0.6 is 0 Å². The van der Waals surface area contributed by atoms with Crippen molar-refractivity contribution in [1.29, 1.82) is 0 Å². The minimum atomic E-state index is -0.381. The number of carbonyl (C=O) groups excluding carboxylic acids is 1. The van der Waals surface area contributed by atoms with Gasteiger partial charge in [-0.3, -0.25) is 5.01 Å². The lowest BCUT2D eigenvalue weighted by Crippen LogP contribution is -2.14. The van der Waals surface area contributed by atoms with Gasteiger partial charge in [-0.15, -0.1) is 5.11 Å². The number of para-hydroxylation sites is 1. The van der Waals surface area contributed by atoms with Gasteiger partial charge in [-0.2, -0.15) is 0 Å². The van der Waals surface area contributed by atoms with Gasteiger partial charge in [0.15, 0.2) is 6.61 Å². The van der Waals surface area contributed by atoms with E-state index < -0.39 is 0 Å². The van der Waals surface area contributed by atoms with Crippen molar-refractivity contribution in [3.05, 3.63) is 59.7 Å². The van der Waals surface area contributed by atoms with E-state index in [-0.39, 0.29) is 12.6 Å². The van der Waals surface area contributed by atoms with Crippen molar-refractivity contribution >= 4 is 23.8 Å². The molecule has 136 valence electrons. The minimum Gasteiger partial charge on any atom is -0.481 e. The van der Waals surface area contributed by atoms with Crippen LogP contribution in [0.25, 0.3) is 12.2 Å². The van der Waals surface area contributed by atoms with Crippen molar-refractivity contribution in [1.82, 2.24) is 5.01 Å². The molecule has 0 aliphatic heterocycles. The number of hydrogen-bond acceptors (Lipinski definition) is 5. The van der Waals surface area contributed by atoms with Gasteiger partial charge in [-0.05, 0) is 30.7 Å². The lowest BCUT2D eigenvalue weighted by atomic mass is 10.1. The number of benzene rings is 2. The maximum atomic E-state index is 11.4. The van der Waals surface area contributed by atoms with E-state index in [4.69, 9.17) is 9.47 Å². The molecule has 26 heavy (non-hydrogen) atoms. The summed E-state index contributed by atoms with van der Waals surface area (Å²) in [6, 6.07) is 15.3. The lowest BCUT2D eigenvalue weighted by molar-refractivity contribution is -0.145. The zero-order valence-corrected chi connectivity index (χ0v) is 15.3. The van der Waals surface area contributed by atoms with E-state index in [0.29, 0.717) is 12.4 Å². The van der Waals surface area contributed by atoms with Crippen LogP contribution in [0.5, 0.6) is 5.75 Å². The molecule has 0 radical (unpaired) electrons. The van der Waals surface area contributed by atoms with Crippen LogP contribution in [-0.4, -0.2) is 38.3 Å². The molecule has 0 saturated heterocycles. The highest BCUT2D eigenvalue weighted by Gasteiger charge is 2.05. The predicted octanol–water partition coefficient (Wildman–Crippen LogP) is 4.36. The van der Waals surface area contributed by atoms with Crippen LogP contribution in [0, 0.1) is 0 Å². The monoisotopic (exact) mass is 353 g/mol. The number of esters is 1. The Morgan fingerprint density at radius 3 is 2.50 bits per heavy atom. The first kappa shape index (κ1) is 19.2. The molecule has 0 aliphatic carbocycles. The van der Waals surface area contributed by atoms with Crippen LogP contribution in [-0.2, 0) is 9.53 Å². The minimum absolute atomic E-state index is 0.107. The van der Waals surface area contributed by atoms with Gasteiger partial charge in [-0.25, -0.2) is 4.79 Å². The summed E-state index contributed by atoms with van der Waals surface area (Å²) in [5, 5.41) is 9.70. The molecule has 2 aromatic rings. The van der Waals surface area contributed by atoms with Crippen molar-refractivity contribution in [2.45, 2.75) is 6.92 Å². The van der Waals surface area contributed by atoms with E-state index in [1.54, 1.807) is 11.9 Å². The molecule has 0 aromatic heterocycles. The van der Waals surface area contributed by atoms with Crippen molar-refractivity contribution in [3.63, 3.8) is 0 Å². The maximum absolute atomic E-state index is 11.4. The van der Waals surface area contributed by atoms with Gasteiger partial charge in [0.1, 0.15) is 5.75 Å². The highest BCUT2D eigenvalue weighted by molar-refractivity contribution is 5.74. The van der Waals surface area contributed by atoms with Crippen LogP contribution in [0.1, 0.15) is 18.1 Å². The van der Waals surface area contributed by atoms with E-state index in [1.807, 2.05) is 74.8 Å². The predicted molar refractivity (Wildman–Crippen MR) is 102 cm³/mol. The summed E-state index contributed by atoms with van der Waals surface area (Å²) in [7, 11) is 3.64. The Hall–Kier alpha value is -3.15. The van der Waals surface area contributed by atoms with Crippen LogP contribution in [0.15, 0.2) is 58.9 Å². The summed E-state index contributed by atoms with van der Waals surface area (Å²) < 4.78 is 10.4. The SMILES string of the molecule is CCOC(=O)COc1ccccc1C=Cc1ccc(N=NN(C)C)cc1. The summed E-state index contributed by atoms with van der Waals surface area (Å²) in [5.41, 5.74) is 2.69. The molecule has 2 rings (SSSR count). The highest BCUT2D eigenvalue weighted by atomic mass is 16.6. The lowest BCUT2D eigenvalue weighted by Gasteiger charge is -2.08. The first-order valence-corrected chi connectivity index (χ1v) is 8.33. The van der Waals surface area contributed by atoms with Gasteiger partial charge in [0, 0.05) is 19.7 Å². The standard InChI is InChI=1S/C20H23N3O3/c1-4-25-20(24)15-26-19-8-6-5-7-17(19)12-9-16-10-13-18(14-11-16)21-22-23(2)3/h5-14H,4,15H2,1-3H3. The van der Waals surface area contributed by atoms with E-state index in [2.05, 4.69) is 10.3 Å². The van der Waals surface area contributed by atoms with Gasteiger partial charge >= 0.3 is 5.97 Å². The average molecular weight is 353 g/mol. The molecule has 0 fully saturated rings. The Bertz CT molecular complexity index is 768. The van der Waals surface area contributed by atoms with E-state index >= 15 is 0 Å². The van der Waals surface area contributed by atoms with E-state index in [1.165, 1.54) is 0 Å². The van der Waals surface area contributed by atoms with Crippen LogP contribution in [0.3, 0.4) is 0 Å². The van der Waals surface area contributed by atoms with Gasteiger partial charge in [0.25, 0.3) is 0 Å². The fourth-order valence-electron chi connectivity index (χ4n) is 2.07. The van der Waals surface area contributed by atoms with E-state index in [0.717, 1.165) is 16.8 Å². The third-order valence-corrected chi connectivity index (χ3v) is 3.26. The van der Waals surface area contributed by atoms with Crippen molar-refractivity contribution < 1.29 is 14.3 Å². The molecule has 0 aliphatic rings. The summed E-state index contributed by atoms with van der Waals surface area (Å²) in [6.45, 7) is 2.00. The molecule has 0 bridgehead atoms. The average Bonchev–Trinajstić information content (AvgIpc) is 2.64. The van der Waals surface area contributed by atoms with Crippen molar-refractivity contribution in [3.8, 4) is 5.75 Å². The topological polar surface area (TPSA) is 63.5 Å². The Balaban J connectivity index is 2.04. The fraction of sp³-hybridized carbons (Fsp3) is 0.250. The largest absolute Gasteiger partial charge is 0.481 e. The normalized spacial score (nSPS) is 11.0. The fourth-order valence-corrected chi connectivity index (χ4v) is 2.07. The Labute approximate surface area is 153 Å². The Morgan fingerprint density at radius 2 is 1.81 bits per heavy atom. The molecule has 0 heterocycles. The van der Waals surface area contributed by atoms with Crippen molar-refractivity contribution in [2.75, 3.05) is 27.3 Å². The number of nitrogens with zero attached hydrogens (tertiary/aromatic N) is 3. The second kappa shape index (κ2) is 9.98. The quantitative estimate of drug-likeness (QED) is 0.306. The maximum Gasteiger partial charge on any atom is 0.344 e. The first-order chi connectivity index (χ1) is 12.6. The Morgan fingerprint density at radius 1 is 1.08 bits per heavy atom. The highest BCUT2D eigenvalue weighted by Crippen LogP contribution is 2.21. The smallest absolute Gasteiger partial charge is 0.344 e. The van der Waals surface area contributed by atoms with Crippen LogP contribution in [0.4, 0.5) is 5.69 Å².